The van der Waals surface area contributed by atoms with E-state index in [-0.39, 0.29) is 11.6 Å². The second kappa shape index (κ2) is 5.38. The van der Waals surface area contributed by atoms with Gasteiger partial charge >= 0.3 is 5.69 Å². The highest BCUT2D eigenvalue weighted by atomic mass is 32.1. The number of aryl methyl sites for hydroxylation is 1. The first-order valence-corrected chi connectivity index (χ1v) is 6.58. The van der Waals surface area contributed by atoms with Gasteiger partial charge in [-0.15, -0.1) is 11.3 Å². The lowest BCUT2D eigenvalue weighted by Crippen LogP contribution is -2.12. The molecule has 1 aromatic heterocycles. The quantitative estimate of drug-likeness (QED) is 0.693. The highest BCUT2D eigenvalue weighted by Crippen LogP contribution is 2.24. The summed E-state index contributed by atoms with van der Waals surface area (Å²) in [4.78, 5) is 22.7. The molecule has 0 saturated heterocycles. The summed E-state index contributed by atoms with van der Waals surface area (Å²) in [6.07, 6.45) is 0. The molecule has 0 atom stereocenters. The molecule has 0 saturated carbocycles. The normalized spacial score (nSPS) is 10.3. The van der Waals surface area contributed by atoms with Gasteiger partial charge in [-0.1, -0.05) is 0 Å². The van der Waals surface area contributed by atoms with Crippen molar-refractivity contribution >= 4 is 28.6 Å². The van der Waals surface area contributed by atoms with Crippen LogP contribution < -0.4 is 5.32 Å². The van der Waals surface area contributed by atoms with Crippen LogP contribution in [-0.2, 0) is 0 Å². The van der Waals surface area contributed by atoms with Crippen molar-refractivity contribution in [1.82, 2.24) is 0 Å². The average molecular weight is 294 g/mol. The Morgan fingerprint density at radius 1 is 1.40 bits per heavy atom. The monoisotopic (exact) mass is 294 g/mol. The third kappa shape index (κ3) is 2.67. The Balaban J connectivity index is 2.22. The fraction of sp³-hybridized carbons (Fsp3) is 0.154. The number of carbonyl (C=O) groups excluding carboxylic acids is 1. The number of nitrogens with zero attached hydrogens (tertiary/aromatic N) is 1. The Bertz CT molecular complexity index is 697. The van der Waals surface area contributed by atoms with Gasteiger partial charge in [0.15, 0.2) is 0 Å². The molecule has 0 radical (unpaired) electrons. The van der Waals surface area contributed by atoms with Gasteiger partial charge in [-0.2, -0.15) is 4.39 Å². The van der Waals surface area contributed by atoms with Crippen LogP contribution >= 0.6 is 11.3 Å². The van der Waals surface area contributed by atoms with Gasteiger partial charge in [-0.25, -0.2) is 0 Å². The second-order valence-corrected chi connectivity index (χ2v) is 5.29. The molecule has 104 valence electrons. The van der Waals surface area contributed by atoms with Gasteiger partial charge in [0.2, 0.25) is 5.82 Å². The Labute approximate surface area is 118 Å². The topological polar surface area (TPSA) is 72.2 Å². The van der Waals surface area contributed by atoms with Gasteiger partial charge in [0.05, 0.1) is 10.5 Å². The zero-order valence-electron chi connectivity index (χ0n) is 10.8. The van der Waals surface area contributed by atoms with E-state index in [9.17, 15) is 19.3 Å². The van der Waals surface area contributed by atoms with E-state index < -0.39 is 16.4 Å². The van der Waals surface area contributed by atoms with Crippen molar-refractivity contribution in [2.75, 3.05) is 5.32 Å². The predicted octanol–water partition coefficient (Wildman–Crippen LogP) is 3.66. The Morgan fingerprint density at radius 3 is 2.60 bits per heavy atom. The van der Waals surface area contributed by atoms with E-state index in [0.717, 1.165) is 22.6 Å². The summed E-state index contributed by atoms with van der Waals surface area (Å²) >= 11 is 1.46. The summed E-state index contributed by atoms with van der Waals surface area (Å²) in [5, 5.41) is 14.8. The predicted molar refractivity (Wildman–Crippen MR) is 74.8 cm³/mol. The molecule has 20 heavy (non-hydrogen) atoms. The second-order valence-electron chi connectivity index (χ2n) is 4.21. The zero-order chi connectivity index (χ0) is 14.9. The maximum Gasteiger partial charge on any atom is 0.304 e. The summed E-state index contributed by atoms with van der Waals surface area (Å²) < 4.78 is 13.4. The number of hydrogen-bond acceptors (Lipinski definition) is 4. The number of hydrogen-bond donors (Lipinski definition) is 1. The van der Waals surface area contributed by atoms with Gasteiger partial charge in [-0.05, 0) is 25.5 Å². The van der Waals surface area contributed by atoms with Crippen molar-refractivity contribution in [3.63, 3.8) is 0 Å². The van der Waals surface area contributed by atoms with Gasteiger partial charge < -0.3 is 5.32 Å². The number of halogens is 1. The van der Waals surface area contributed by atoms with Crippen LogP contribution in [0.15, 0.2) is 23.6 Å². The van der Waals surface area contributed by atoms with Crippen LogP contribution in [0.5, 0.6) is 0 Å². The largest absolute Gasteiger partial charge is 0.322 e. The number of rotatable bonds is 3. The highest BCUT2D eigenvalue weighted by molar-refractivity contribution is 7.10. The van der Waals surface area contributed by atoms with Crippen LogP contribution in [0.4, 0.5) is 15.8 Å². The van der Waals surface area contributed by atoms with Crippen LogP contribution in [-0.4, -0.2) is 10.8 Å². The van der Waals surface area contributed by atoms with Crippen LogP contribution in [0.3, 0.4) is 0 Å². The van der Waals surface area contributed by atoms with Gasteiger partial charge in [0.25, 0.3) is 5.91 Å². The summed E-state index contributed by atoms with van der Waals surface area (Å²) in [5.74, 6) is -1.34. The number of nitro groups is 1. The van der Waals surface area contributed by atoms with E-state index in [4.69, 9.17) is 0 Å². The van der Waals surface area contributed by atoms with Gasteiger partial charge in [0, 0.05) is 28.1 Å². The molecule has 0 aliphatic carbocycles. The molecule has 0 aliphatic heterocycles. The Hall–Kier alpha value is -2.28. The molecule has 0 spiro atoms. The van der Waals surface area contributed by atoms with Crippen molar-refractivity contribution in [1.29, 1.82) is 0 Å². The molecular weight excluding hydrogens is 283 g/mol. The number of benzene rings is 1. The van der Waals surface area contributed by atoms with Crippen molar-refractivity contribution < 1.29 is 14.1 Å². The lowest BCUT2D eigenvalue weighted by atomic mass is 10.1. The van der Waals surface area contributed by atoms with Crippen molar-refractivity contribution in [3.8, 4) is 0 Å². The van der Waals surface area contributed by atoms with Crippen LogP contribution in [0.2, 0.25) is 0 Å². The van der Waals surface area contributed by atoms with Crippen molar-refractivity contribution in [2.24, 2.45) is 0 Å². The number of thiophene rings is 1. The van der Waals surface area contributed by atoms with Crippen LogP contribution in [0.25, 0.3) is 0 Å². The number of nitrogens with one attached hydrogen (secondary N) is 1. The smallest absolute Gasteiger partial charge is 0.304 e. The lowest BCUT2D eigenvalue weighted by Gasteiger charge is -2.05. The molecule has 1 aromatic carbocycles. The van der Waals surface area contributed by atoms with E-state index in [1.165, 1.54) is 17.4 Å². The molecular formula is C13H11FN2O3S. The third-order valence-corrected chi connectivity index (χ3v) is 3.95. The molecule has 5 nitrogen and oxygen atoms in total. The molecule has 1 heterocycles. The molecule has 2 aromatic rings. The van der Waals surface area contributed by atoms with E-state index in [1.807, 2.05) is 13.8 Å². The molecule has 0 fully saturated rings. The first-order valence-electron chi connectivity index (χ1n) is 5.70. The van der Waals surface area contributed by atoms with Crippen LogP contribution in [0.1, 0.15) is 20.8 Å². The first kappa shape index (κ1) is 14.1. The third-order valence-electron chi connectivity index (χ3n) is 2.93. The van der Waals surface area contributed by atoms with Gasteiger partial charge in [-0.3, -0.25) is 14.9 Å². The molecule has 1 N–H and O–H groups in total. The minimum atomic E-state index is -0.981. The minimum absolute atomic E-state index is 0.182. The maximum absolute atomic E-state index is 13.4. The Kier molecular flexibility index (Phi) is 3.80. The van der Waals surface area contributed by atoms with E-state index >= 15 is 0 Å². The summed E-state index contributed by atoms with van der Waals surface area (Å²) in [6, 6.07) is 3.26. The Morgan fingerprint density at radius 2 is 2.10 bits per heavy atom. The molecule has 0 aliphatic rings. The molecule has 2 rings (SSSR count). The van der Waals surface area contributed by atoms with Crippen molar-refractivity contribution in [2.45, 2.75) is 13.8 Å². The number of carbonyl (C=O) groups is 1. The van der Waals surface area contributed by atoms with Gasteiger partial charge in [0.1, 0.15) is 0 Å². The molecule has 0 unspecified atom stereocenters. The number of anilines is 1. The lowest BCUT2D eigenvalue weighted by molar-refractivity contribution is -0.387. The average Bonchev–Trinajstić information content (AvgIpc) is 2.69. The molecule has 0 bridgehead atoms. The fourth-order valence-corrected chi connectivity index (χ4v) is 2.53. The summed E-state index contributed by atoms with van der Waals surface area (Å²) in [5.41, 5.74) is 0.952. The minimum Gasteiger partial charge on any atom is -0.322 e. The van der Waals surface area contributed by atoms with Crippen molar-refractivity contribution in [3.05, 3.63) is 55.5 Å². The summed E-state index contributed by atoms with van der Waals surface area (Å²) in [7, 11) is 0. The fourth-order valence-electron chi connectivity index (χ4n) is 1.67. The highest BCUT2D eigenvalue weighted by Gasteiger charge is 2.16. The first-order chi connectivity index (χ1) is 9.40. The zero-order valence-corrected chi connectivity index (χ0v) is 11.6. The summed E-state index contributed by atoms with van der Waals surface area (Å²) in [6.45, 7) is 3.74. The number of nitro benzene ring substituents is 1. The molecule has 7 heteroatoms. The standard InChI is InChI=1S/C13H11FN2O3S/c1-7-8(2)20-6-10(7)13(17)15-9-3-4-12(16(18)19)11(14)5-9/h3-6H,1-2H3,(H,15,17). The van der Waals surface area contributed by atoms with E-state index in [0.29, 0.717) is 5.56 Å². The molecule has 1 amide bonds. The SMILES string of the molecule is Cc1scc(C(=O)Nc2ccc([N+](=O)[O-])c(F)c2)c1C. The number of amides is 1. The van der Waals surface area contributed by atoms with E-state index in [2.05, 4.69) is 5.32 Å². The van der Waals surface area contributed by atoms with Crippen LogP contribution in [0, 0.1) is 29.8 Å². The van der Waals surface area contributed by atoms with E-state index in [1.54, 1.807) is 5.38 Å². The maximum atomic E-state index is 13.4.